The highest BCUT2D eigenvalue weighted by atomic mass is 19.1. The molecule has 0 aliphatic carbocycles. The molecule has 31 heavy (non-hydrogen) atoms. The lowest BCUT2D eigenvalue weighted by Crippen LogP contribution is -2.27. The molecule has 3 aromatic carbocycles. The molecule has 1 unspecified atom stereocenters. The number of nitrogens with zero attached hydrogens (tertiary/aromatic N) is 2. The highest BCUT2D eigenvalue weighted by Crippen LogP contribution is 2.32. The van der Waals surface area contributed by atoms with Crippen LogP contribution in [0.1, 0.15) is 24.2 Å². The van der Waals surface area contributed by atoms with Crippen molar-refractivity contribution in [2.24, 2.45) is 0 Å². The predicted octanol–water partition coefficient (Wildman–Crippen LogP) is 5.17. The average Bonchev–Trinajstić information content (AvgIpc) is 3.16. The number of amides is 2. The van der Waals surface area contributed by atoms with Crippen molar-refractivity contribution in [2.75, 3.05) is 18.0 Å². The first kappa shape index (κ1) is 20.6. The topological polar surface area (TPSA) is 49.9 Å². The third kappa shape index (κ3) is 4.43. The van der Waals surface area contributed by atoms with Crippen molar-refractivity contribution in [1.29, 1.82) is 0 Å². The van der Waals surface area contributed by atoms with E-state index in [1.165, 1.54) is 12.1 Å². The van der Waals surface area contributed by atoms with Crippen LogP contribution >= 0.6 is 0 Å². The second-order valence-electron chi connectivity index (χ2n) is 7.41. The van der Waals surface area contributed by atoms with Gasteiger partial charge in [-0.15, -0.1) is 0 Å². The molecule has 0 bridgehead atoms. The summed E-state index contributed by atoms with van der Waals surface area (Å²) in [6, 6.07) is 21.8. The monoisotopic (exact) mass is 418 g/mol. The van der Waals surface area contributed by atoms with Gasteiger partial charge in [0, 0.05) is 12.2 Å². The largest absolute Gasteiger partial charge is 0.439 e. The SMILES string of the molecule is CCN(C=O)c1cc(-c2ccccc2)ccc1CN1CC(c2ccc(F)cc2)OC1=O. The number of halogens is 1. The van der Waals surface area contributed by atoms with Gasteiger partial charge >= 0.3 is 6.09 Å². The first-order valence-corrected chi connectivity index (χ1v) is 10.2. The Labute approximate surface area is 180 Å². The van der Waals surface area contributed by atoms with Crippen molar-refractivity contribution in [3.63, 3.8) is 0 Å². The maximum atomic E-state index is 13.2. The summed E-state index contributed by atoms with van der Waals surface area (Å²) in [7, 11) is 0. The van der Waals surface area contributed by atoms with Crippen LogP contribution in [0.3, 0.4) is 0 Å². The smallest absolute Gasteiger partial charge is 0.410 e. The molecular weight excluding hydrogens is 395 g/mol. The summed E-state index contributed by atoms with van der Waals surface area (Å²) >= 11 is 0. The van der Waals surface area contributed by atoms with Crippen molar-refractivity contribution in [3.05, 3.63) is 89.7 Å². The van der Waals surface area contributed by atoms with E-state index in [0.717, 1.165) is 34.4 Å². The zero-order valence-electron chi connectivity index (χ0n) is 17.2. The van der Waals surface area contributed by atoms with Gasteiger partial charge in [0.1, 0.15) is 11.9 Å². The Morgan fingerprint density at radius 2 is 1.81 bits per heavy atom. The quantitative estimate of drug-likeness (QED) is 0.498. The van der Waals surface area contributed by atoms with E-state index in [0.29, 0.717) is 19.6 Å². The van der Waals surface area contributed by atoms with Crippen LogP contribution in [0, 0.1) is 5.82 Å². The Kier molecular flexibility index (Phi) is 5.98. The Bertz CT molecular complexity index is 1070. The zero-order chi connectivity index (χ0) is 21.8. The molecule has 3 aromatic rings. The fourth-order valence-electron chi connectivity index (χ4n) is 3.77. The summed E-state index contributed by atoms with van der Waals surface area (Å²) in [4.78, 5) is 27.4. The summed E-state index contributed by atoms with van der Waals surface area (Å²) in [5.41, 5.74) is 4.41. The highest BCUT2D eigenvalue weighted by molar-refractivity contribution is 5.81. The third-order valence-electron chi connectivity index (χ3n) is 5.46. The van der Waals surface area contributed by atoms with E-state index in [1.54, 1.807) is 21.9 Å². The van der Waals surface area contributed by atoms with Gasteiger partial charge in [0.15, 0.2) is 0 Å². The number of anilines is 1. The van der Waals surface area contributed by atoms with Gasteiger partial charge in [0.05, 0.1) is 13.1 Å². The molecule has 4 rings (SSSR count). The number of benzene rings is 3. The summed E-state index contributed by atoms with van der Waals surface area (Å²) in [6.07, 6.45) is -0.0768. The summed E-state index contributed by atoms with van der Waals surface area (Å²) in [5, 5.41) is 0. The maximum Gasteiger partial charge on any atom is 0.410 e. The van der Waals surface area contributed by atoms with Crippen LogP contribution in [0.25, 0.3) is 11.1 Å². The van der Waals surface area contributed by atoms with E-state index in [2.05, 4.69) is 0 Å². The van der Waals surface area contributed by atoms with Gasteiger partial charge in [-0.25, -0.2) is 9.18 Å². The van der Waals surface area contributed by atoms with Gasteiger partial charge in [-0.1, -0.05) is 54.6 Å². The normalized spacial score (nSPS) is 15.6. The fourth-order valence-corrected chi connectivity index (χ4v) is 3.77. The van der Waals surface area contributed by atoms with Crippen molar-refractivity contribution in [1.82, 2.24) is 4.90 Å². The van der Waals surface area contributed by atoms with Gasteiger partial charge < -0.3 is 9.64 Å². The molecule has 1 aliphatic rings. The van der Waals surface area contributed by atoms with Crippen LogP contribution in [-0.2, 0) is 16.1 Å². The minimum absolute atomic E-state index is 0.311. The molecule has 1 heterocycles. The minimum atomic E-state index is -0.450. The van der Waals surface area contributed by atoms with E-state index in [1.807, 2.05) is 55.5 Å². The molecule has 0 spiro atoms. The van der Waals surface area contributed by atoms with Crippen LogP contribution in [0.15, 0.2) is 72.8 Å². The summed E-state index contributed by atoms with van der Waals surface area (Å²) in [5.74, 6) is -0.332. The van der Waals surface area contributed by atoms with E-state index < -0.39 is 12.2 Å². The molecule has 2 amide bonds. The van der Waals surface area contributed by atoms with Gasteiger partial charge in [-0.3, -0.25) is 9.69 Å². The second-order valence-corrected chi connectivity index (χ2v) is 7.41. The van der Waals surface area contributed by atoms with Gasteiger partial charge in [0.2, 0.25) is 6.41 Å². The number of ether oxygens (including phenoxy) is 1. The number of carbonyl (C=O) groups excluding carboxylic acids is 2. The lowest BCUT2D eigenvalue weighted by Gasteiger charge is -2.23. The van der Waals surface area contributed by atoms with Gasteiger partial charge in [0.25, 0.3) is 0 Å². The van der Waals surface area contributed by atoms with Crippen LogP contribution in [0.4, 0.5) is 14.9 Å². The molecule has 1 aliphatic heterocycles. The van der Waals surface area contributed by atoms with E-state index in [9.17, 15) is 14.0 Å². The van der Waals surface area contributed by atoms with Crippen LogP contribution in [-0.4, -0.2) is 30.5 Å². The van der Waals surface area contributed by atoms with E-state index >= 15 is 0 Å². The minimum Gasteiger partial charge on any atom is -0.439 e. The number of hydrogen-bond acceptors (Lipinski definition) is 3. The Balaban J connectivity index is 1.60. The van der Waals surface area contributed by atoms with Crippen molar-refractivity contribution in [2.45, 2.75) is 19.6 Å². The molecule has 0 saturated carbocycles. The molecule has 158 valence electrons. The van der Waals surface area contributed by atoms with Crippen LogP contribution < -0.4 is 4.90 Å². The van der Waals surface area contributed by atoms with E-state index in [4.69, 9.17) is 4.74 Å². The number of cyclic esters (lactones) is 1. The molecule has 0 N–H and O–H groups in total. The molecule has 1 fully saturated rings. The fraction of sp³-hybridized carbons (Fsp3) is 0.200. The first-order chi connectivity index (χ1) is 15.1. The van der Waals surface area contributed by atoms with Gasteiger partial charge in [-0.05, 0) is 47.4 Å². The average molecular weight is 418 g/mol. The Hall–Kier alpha value is -3.67. The third-order valence-corrected chi connectivity index (χ3v) is 5.46. The standard InChI is InChI=1S/C25H23FN2O3/c1-2-27(17-29)23-14-20(18-6-4-3-5-7-18)8-9-21(23)15-28-16-24(31-25(28)30)19-10-12-22(26)13-11-19/h3-14,17,24H,2,15-16H2,1H3. The molecule has 5 nitrogen and oxygen atoms in total. The predicted molar refractivity (Wildman–Crippen MR) is 117 cm³/mol. The summed E-state index contributed by atoms with van der Waals surface area (Å²) < 4.78 is 18.7. The molecule has 1 atom stereocenters. The number of carbonyl (C=O) groups is 2. The molecule has 0 aromatic heterocycles. The van der Waals surface area contributed by atoms with Crippen LogP contribution in [0.2, 0.25) is 0 Å². The van der Waals surface area contributed by atoms with Gasteiger partial charge in [-0.2, -0.15) is 0 Å². The maximum absolute atomic E-state index is 13.2. The van der Waals surface area contributed by atoms with Crippen molar-refractivity contribution in [3.8, 4) is 11.1 Å². The highest BCUT2D eigenvalue weighted by Gasteiger charge is 2.33. The zero-order valence-corrected chi connectivity index (χ0v) is 17.2. The van der Waals surface area contributed by atoms with Crippen molar-refractivity contribution < 1.29 is 18.7 Å². The van der Waals surface area contributed by atoms with Crippen LogP contribution in [0.5, 0.6) is 0 Å². The van der Waals surface area contributed by atoms with Crippen molar-refractivity contribution >= 4 is 18.2 Å². The lowest BCUT2D eigenvalue weighted by atomic mass is 10.0. The first-order valence-electron chi connectivity index (χ1n) is 10.2. The van der Waals surface area contributed by atoms with E-state index in [-0.39, 0.29) is 5.82 Å². The second kappa shape index (κ2) is 9.00. The Morgan fingerprint density at radius 3 is 2.48 bits per heavy atom. The number of rotatable bonds is 7. The number of hydrogen-bond donors (Lipinski definition) is 0. The molecule has 0 radical (unpaired) electrons. The molecular formula is C25H23FN2O3. The Morgan fingerprint density at radius 1 is 1.06 bits per heavy atom. The molecule has 1 saturated heterocycles. The summed E-state index contributed by atoms with van der Waals surface area (Å²) in [6.45, 7) is 3.09. The molecule has 6 heteroatoms. The lowest BCUT2D eigenvalue weighted by molar-refractivity contribution is -0.107.